The van der Waals surface area contributed by atoms with E-state index in [1.165, 1.54) is 0 Å². The van der Waals surface area contributed by atoms with Gasteiger partial charge in [-0.25, -0.2) is 4.79 Å². The fraction of sp³-hybridized carbons (Fsp3) is 0.300. The highest BCUT2D eigenvalue weighted by atomic mass is 32.2. The molecule has 2 amide bonds. The quantitative estimate of drug-likeness (QED) is 0.829. The molecule has 0 radical (unpaired) electrons. The van der Waals surface area contributed by atoms with Gasteiger partial charge >= 0.3 is 6.03 Å². The van der Waals surface area contributed by atoms with Gasteiger partial charge in [0.15, 0.2) is 0 Å². The first kappa shape index (κ1) is 17.4. The topological polar surface area (TPSA) is 56.1 Å². The smallest absolute Gasteiger partial charge is 0.321 e. The summed E-state index contributed by atoms with van der Waals surface area (Å²) in [5.74, 6) is 0. The Balaban J connectivity index is 1.65. The first-order chi connectivity index (χ1) is 12.2. The lowest BCUT2D eigenvalue weighted by Gasteiger charge is -2.37. The zero-order valence-corrected chi connectivity index (χ0v) is 15.1. The number of nitrogens with one attached hydrogen (secondary N) is 1. The van der Waals surface area contributed by atoms with Gasteiger partial charge in [-0.05, 0) is 42.9 Å². The van der Waals surface area contributed by atoms with E-state index in [1.807, 2.05) is 60.9 Å². The Morgan fingerprint density at radius 2 is 1.88 bits per heavy atom. The van der Waals surface area contributed by atoms with Gasteiger partial charge in [0, 0.05) is 23.7 Å². The molecule has 2 aromatic rings. The standard InChI is InChI=1S/C20H21N3OS/c1-25-18-9-5-8-17(14-18)22-19(24)23-12-10-20(15-21,11-13-23)16-6-3-2-4-7-16/h2-9,14H,10-13H2,1H3,(H,22,24). The number of thioether (sulfide) groups is 1. The molecule has 0 spiro atoms. The van der Waals surface area contributed by atoms with E-state index in [2.05, 4.69) is 11.4 Å². The molecule has 0 saturated carbocycles. The molecule has 2 aromatic carbocycles. The van der Waals surface area contributed by atoms with Crippen molar-refractivity contribution in [3.63, 3.8) is 0 Å². The maximum atomic E-state index is 12.5. The first-order valence-electron chi connectivity index (χ1n) is 8.34. The third kappa shape index (κ3) is 3.80. The third-order valence-corrected chi connectivity index (χ3v) is 5.49. The highest BCUT2D eigenvalue weighted by molar-refractivity contribution is 7.98. The molecule has 0 unspecified atom stereocenters. The van der Waals surface area contributed by atoms with Crippen LogP contribution in [-0.4, -0.2) is 30.3 Å². The molecular weight excluding hydrogens is 330 g/mol. The summed E-state index contributed by atoms with van der Waals surface area (Å²) >= 11 is 1.65. The van der Waals surface area contributed by atoms with Crippen molar-refractivity contribution in [2.45, 2.75) is 23.2 Å². The minimum Gasteiger partial charge on any atom is -0.324 e. The molecule has 5 heteroatoms. The zero-order valence-electron chi connectivity index (χ0n) is 14.2. The van der Waals surface area contributed by atoms with Crippen molar-refractivity contribution in [2.24, 2.45) is 0 Å². The van der Waals surface area contributed by atoms with Crippen LogP contribution < -0.4 is 5.32 Å². The molecule has 3 rings (SSSR count). The zero-order chi connectivity index (χ0) is 17.7. The highest BCUT2D eigenvalue weighted by Gasteiger charge is 2.37. The molecule has 1 N–H and O–H groups in total. The van der Waals surface area contributed by atoms with Crippen molar-refractivity contribution < 1.29 is 4.79 Å². The van der Waals surface area contributed by atoms with Gasteiger partial charge in [0.25, 0.3) is 0 Å². The van der Waals surface area contributed by atoms with Gasteiger partial charge in [-0.15, -0.1) is 11.8 Å². The highest BCUT2D eigenvalue weighted by Crippen LogP contribution is 2.35. The summed E-state index contributed by atoms with van der Waals surface area (Å²) < 4.78 is 0. The maximum Gasteiger partial charge on any atom is 0.321 e. The van der Waals surface area contributed by atoms with Crippen LogP contribution in [0, 0.1) is 11.3 Å². The predicted molar refractivity (Wildman–Crippen MR) is 102 cm³/mol. The number of hydrogen-bond donors (Lipinski definition) is 1. The predicted octanol–water partition coefficient (Wildman–Crippen LogP) is 4.50. The minimum atomic E-state index is -0.489. The fourth-order valence-corrected chi connectivity index (χ4v) is 3.68. The average molecular weight is 351 g/mol. The molecule has 1 heterocycles. The first-order valence-corrected chi connectivity index (χ1v) is 9.56. The van der Waals surface area contributed by atoms with E-state index in [1.54, 1.807) is 16.7 Å². The van der Waals surface area contributed by atoms with Crippen LogP contribution in [0.1, 0.15) is 18.4 Å². The molecule has 0 aromatic heterocycles. The van der Waals surface area contributed by atoms with Crippen molar-refractivity contribution in [3.8, 4) is 6.07 Å². The number of piperidine rings is 1. The summed E-state index contributed by atoms with van der Waals surface area (Å²) in [5.41, 5.74) is 1.36. The van der Waals surface area contributed by atoms with Crippen LogP contribution in [0.25, 0.3) is 0 Å². The number of nitrogens with zero attached hydrogens (tertiary/aromatic N) is 2. The van der Waals surface area contributed by atoms with Crippen molar-refractivity contribution in [3.05, 3.63) is 60.2 Å². The molecule has 0 atom stereocenters. The minimum absolute atomic E-state index is 0.0992. The monoisotopic (exact) mass is 351 g/mol. The van der Waals surface area contributed by atoms with E-state index < -0.39 is 5.41 Å². The van der Waals surface area contributed by atoms with Crippen LogP contribution in [0.4, 0.5) is 10.5 Å². The Kier molecular flexibility index (Phi) is 5.30. The second kappa shape index (κ2) is 7.62. The molecule has 1 aliphatic rings. The molecule has 0 aliphatic carbocycles. The third-order valence-electron chi connectivity index (χ3n) is 4.77. The van der Waals surface area contributed by atoms with Gasteiger partial charge < -0.3 is 10.2 Å². The van der Waals surface area contributed by atoms with E-state index in [-0.39, 0.29) is 6.03 Å². The summed E-state index contributed by atoms with van der Waals surface area (Å²) in [6.45, 7) is 1.16. The van der Waals surface area contributed by atoms with Gasteiger partial charge in [-0.1, -0.05) is 36.4 Å². The van der Waals surface area contributed by atoms with Gasteiger partial charge in [-0.2, -0.15) is 5.26 Å². The molecule has 1 aliphatic heterocycles. The van der Waals surface area contributed by atoms with Crippen LogP contribution >= 0.6 is 11.8 Å². The van der Waals surface area contributed by atoms with Crippen molar-refractivity contribution in [2.75, 3.05) is 24.7 Å². The number of carbonyl (C=O) groups excluding carboxylic acids is 1. The lowest BCUT2D eigenvalue weighted by atomic mass is 9.74. The molecule has 128 valence electrons. The van der Waals surface area contributed by atoms with E-state index in [4.69, 9.17) is 0 Å². The van der Waals surface area contributed by atoms with Gasteiger partial charge in [-0.3, -0.25) is 0 Å². The van der Waals surface area contributed by atoms with Gasteiger partial charge in [0.1, 0.15) is 0 Å². The van der Waals surface area contributed by atoms with Crippen LogP contribution in [0.3, 0.4) is 0 Å². The van der Waals surface area contributed by atoms with Crippen molar-refractivity contribution >= 4 is 23.5 Å². The Morgan fingerprint density at radius 1 is 1.16 bits per heavy atom. The second-order valence-corrected chi connectivity index (χ2v) is 7.09. The van der Waals surface area contributed by atoms with E-state index in [9.17, 15) is 10.1 Å². The molecule has 1 fully saturated rings. The molecule has 4 nitrogen and oxygen atoms in total. The van der Waals surface area contributed by atoms with E-state index >= 15 is 0 Å². The van der Waals surface area contributed by atoms with Crippen molar-refractivity contribution in [1.82, 2.24) is 4.90 Å². The number of hydrogen-bond acceptors (Lipinski definition) is 3. The molecule has 0 bridgehead atoms. The summed E-state index contributed by atoms with van der Waals surface area (Å²) in [6.07, 6.45) is 3.33. The maximum absolute atomic E-state index is 12.5. The largest absolute Gasteiger partial charge is 0.324 e. The summed E-state index contributed by atoms with van der Waals surface area (Å²) in [4.78, 5) is 15.4. The molecule has 1 saturated heterocycles. The summed E-state index contributed by atoms with van der Waals surface area (Å²) in [7, 11) is 0. The normalized spacial score (nSPS) is 16.1. The number of amides is 2. The Morgan fingerprint density at radius 3 is 2.52 bits per heavy atom. The average Bonchev–Trinajstić information content (AvgIpc) is 2.69. The van der Waals surface area contributed by atoms with Crippen LogP contribution in [0.5, 0.6) is 0 Å². The van der Waals surface area contributed by atoms with E-state index in [0.717, 1.165) is 16.1 Å². The van der Waals surface area contributed by atoms with Crippen LogP contribution in [-0.2, 0) is 5.41 Å². The fourth-order valence-electron chi connectivity index (χ4n) is 3.22. The lowest BCUT2D eigenvalue weighted by molar-refractivity contribution is 0.183. The Hall–Kier alpha value is -2.45. The number of urea groups is 1. The van der Waals surface area contributed by atoms with Gasteiger partial charge in [0.05, 0.1) is 11.5 Å². The van der Waals surface area contributed by atoms with E-state index in [0.29, 0.717) is 25.9 Å². The number of carbonyl (C=O) groups is 1. The molecular formula is C20H21N3OS. The summed E-state index contributed by atoms with van der Waals surface area (Å²) in [6, 6.07) is 20.1. The van der Waals surface area contributed by atoms with Crippen LogP contribution in [0.2, 0.25) is 0 Å². The number of benzene rings is 2. The number of anilines is 1. The number of rotatable bonds is 3. The number of likely N-dealkylation sites (tertiary alicyclic amines) is 1. The van der Waals surface area contributed by atoms with Crippen LogP contribution in [0.15, 0.2) is 59.5 Å². The van der Waals surface area contributed by atoms with Gasteiger partial charge in [0.2, 0.25) is 0 Å². The van der Waals surface area contributed by atoms with Crippen molar-refractivity contribution in [1.29, 1.82) is 5.26 Å². The Bertz CT molecular complexity index is 777. The summed E-state index contributed by atoms with van der Waals surface area (Å²) in [5, 5.41) is 12.7. The lowest BCUT2D eigenvalue weighted by Crippen LogP contribution is -2.46. The Labute approximate surface area is 152 Å². The SMILES string of the molecule is CSc1cccc(NC(=O)N2CCC(C#N)(c3ccccc3)CC2)c1. The number of nitriles is 1. The molecule has 25 heavy (non-hydrogen) atoms. The second-order valence-electron chi connectivity index (χ2n) is 6.21.